The molecule has 0 radical (unpaired) electrons. The van der Waals surface area contributed by atoms with Gasteiger partial charge in [0.2, 0.25) is 5.91 Å². The molecular weight excluding hydrogens is 274 g/mol. The third kappa shape index (κ3) is 1.95. The molecule has 1 aromatic rings. The van der Waals surface area contributed by atoms with Gasteiger partial charge in [0.1, 0.15) is 5.75 Å². The molecule has 1 heterocycles. The van der Waals surface area contributed by atoms with Gasteiger partial charge in [-0.15, -0.1) is 0 Å². The number of ether oxygens (including phenoxy) is 1. The number of anilines is 1. The fourth-order valence-corrected chi connectivity index (χ4v) is 2.09. The van der Waals surface area contributed by atoms with E-state index < -0.39 is 0 Å². The van der Waals surface area contributed by atoms with Crippen molar-refractivity contribution in [1.29, 1.82) is 0 Å². The molecule has 84 valence electrons. The van der Waals surface area contributed by atoms with Crippen molar-refractivity contribution in [2.24, 2.45) is 0 Å². The summed E-state index contributed by atoms with van der Waals surface area (Å²) in [4.78, 5) is 24.2. The lowest BCUT2D eigenvalue weighted by Gasteiger charge is -2.17. The molecule has 2 rings (SSSR count). The Morgan fingerprint density at radius 1 is 1.38 bits per heavy atom. The quantitative estimate of drug-likeness (QED) is 0.777. The zero-order chi connectivity index (χ0) is 11.7. The van der Waals surface area contributed by atoms with E-state index in [-0.39, 0.29) is 24.7 Å². The first-order valence-electron chi connectivity index (χ1n) is 4.77. The Morgan fingerprint density at radius 3 is 2.69 bits per heavy atom. The van der Waals surface area contributed by atoms with Gasteiger partial charge in [-0.1, -0.05) is 0 Å². The number of benzene rings is 1. The summed E-state index contributed by atoms with van der Waals surface area (Å²) in [5, 5.41) is 0. The summed E-state index contributed by atoms with van der Waals surface area (Å²) in [6.07, 6.45) is -0.0103. The summed E-state index contributed by atoms with van der Waals surface area (Å²) < 4.78 is 5.86. The maximum atomic E-state index is 11.6. The van der Waals surface area contributed by atoms with E-state index in [0.717, 1.165) is 4.47 Å². The van der Waals surface area contributed by atoms with Crippen LogP contribution in [0, 0.1) is 0 Å². The van der Waals surface area contributed by atoms with Gasteiger partial charge in [-0.3, -0.25) is 9.59 Å². The molecule has 0 unspecified atom stereocenters. The number of hydrogen-bond acceptors (Lipinski definition) is 3. The minimum atomic E-state index is -0.168. The van der Waals surface area contributed by atoms with Crippen molar-refractivity contribution in [2.75, 3.05) is 18.6 Å². The summed E-state index contributed by atoms with van der Waals surface area (Å²) >= 11 is 3.36. The van der Waals surface area contributed by atoms with E-state index in [1.165, 1.54) is 4.90 Å². The predicted octanol–water partition coefficient (Wildman–Crippen LogP) is 1.76. The zero-order valence-electron chi connectivity index (χ0n) is 8.70. The molecular formula is C11H10BrNO3. The Labute approximate surface area is 101 Å². The first-order valence-corrected chi connectivity index (χ1v) is 5.56. The normalized spacial score (nSPS) is 15.8. The van der Waals surface area contributed by atoms with Crippen LogP contribution in [0.1, 0.15) is 6.42 Å². The van der Waals surface area contributed by atoms with E-state index in [1.54, 1.807) is 25.3 Å². The lowest BCUT2D eigenvalue weighted by Crippen LogP contribution is -2.24. The molecule has 1 aliphatic rings. The van der Waals surface area contributed by atoms with Crippen LogP contribution in [-0.4, -0.2) is 25.3 Å². The first kappa shape index (κ1) is 11.1. The van der Waals surface area contributed by atoms with Gasteiger partial charge in [-0.2, -0.15) is 0 Å². The number of hydrogen-bond donors (Lipinski definition) is 0. The summed E-state index contributed by atoms with van der Waals surface area (Å²) in [7, 11) is 1.56. The molecule has 5 heteroatoms. The largest absolute Gasteiger partial charge is 0.497 e. The van der Waals surface area contributed by atoms with Gasteiger partial charge in [-0.25, -0.2) is 0 Å². The zero-order valence-corrected chi connectivity index (χ0v) is 10.3. The Hall–Kier alpha value is -1.36. The highest BCUT2D eigenvalue weighted by Gasteiger charge is 2.29. The predicted molar refractivity (Wildman–Crippen MR) is 62.7 cm³/mol. The number of ketones is 1. The molecule has 0 N–H and O–H groups in total. The number of carbonyl (C=O) groups is 2. The fraction of sp³-hybridized carbons (Fsp3) is 0.273. The van der Waals surface area contributed by atoms with Crippen LogP contribution in [-0.2, 0) is 9.59 Å². The van der Waals surface area contributed by atoms with Crippen molar-refractivity contribution < 1.29 is 14.3 Å². The van der Waals surface area contributed by atoms with E-state index in [1.807, 2.05) is 0 Å². The molecule has 0 spiro atoms. The van der Waals surface area contributed by atoms with E-state index >= 15 is 0 Å². The van der Waals surface area contributed by atoms with Gasteiger partial charge in [0.05, 0.1) is 25.8 Å². The first-order chi connectivity index (χ1) is 7.61. The van der Waals surface area contributed by atoms with Crippen LogP contribution in [0.3, 0.4) is 0 Å². The average molecular weight is 284 g/mol. The average Bonchev–Trinajstić information content (AvgIpc) is 2.58. The molecule has 0 aromatic heterocycles. The van der Waals surface area contributed by atoms with Crippen LogP contribution < -0.4 is 9.64 Å². The number of methoxy groups -OCH3 is 1. The van der Waals surface area contributed by atoms with Crippen LogP contribution in [0.5, 0.6) is 5.75 Å². The van der Waals surface area contributed by atoms with Crippen molar-refractivity contribution in [2.45, 2.75) is 6.42 Å². The summed E-state index contributed by atoms with van der Waals surface area (Å²) in [5.41, 5.74) is 0.676. The molecule has 0 aliphatic carbocycles. The van der Waals surface area contributed by atoms with Crippen LogP contribution in [0.4, 0.5) is 5.69 Å². The van der Waals surface area contributed by atoms with Crippen molar-refractivity contribution in [3.05, 3.63) is 22.7 Å². The van der Waals surface area contributed by atoms with Crippen molar-refractivity contribution >= 4 is 33.3 Å². The second kappa shape index (κ2) is 4.25. The minimum absolute atomic E-state index is 0.0103. The van der Waals surface area contributed by atoms with Gasteiger partial charge in [0.25, 0.3) is 0 Å². The standard InChI is InChI=1S/C11H10BrNO3/c1-16-8-2-3-9(12)10(5-8)13-6-7(14)4-11(13)15/h2-3,5H,4,6H2,1H3. The number of Topliss-reactive ketones (excluding diaryl/α,β-unsaturated/α-hetero) is 1. The maximum absolute atomic E-state index is 11.6. The van der Waals surface area contributed by atoms with E-state index in [9.17, 15) is 9.59 Å². The van der Waals surface area contributed by atoms with Gasteiger partial charge in [-0.05, 0) is 28.1 Å². The van der Waals surface area contributed by atoms with Crippen LogP contribution >= 0.6 is 15.9 Å². The lowest BCUT2D eigenvalue weighted by molar-refractivity contribution is -0.121. The van der Waals surface area contributed by atoms with Gasteiger partial charge >= 0.3 is 0 Å². The highest BCUT2D eigenvalue weighted by atomic mass is 79.9. The Morgan fingerprint density at radius 2 is 2.12 bits per heavy atom. The van der Waals surface area contributed by atoms with Crippen molar-refractivity contribution in [1.82, 2.24) is 0 Å². The molecule has 1 amide bonds. The summed E-state index contributed by atoms with van der Waals surface area (Å²) in [5.74, 6) is 0.434. The molecule has 1 aliphatic heterocycles. The van der Waals surface area contributed by atoms with Gasteiger partial charge < -0.3 is 9.64 Å². The number of rotatable bonds is 2. The Kier molecular flexibility index (Phi) is 2.96. The smallest absolute Gasteiger partial charge is 0.234 e. The monoisotopic (exact) mass is 283 g/mol. The fourth-order valence-electron chi connectivity index (χ4n) is 1.63. The second-order valence-electron chi connectivity index (χ2n) is 3.51. The SMILES string of the molecule is COc1ccc(Br)c(N2CC(=O)CC2=O)c1. The van der Waals surface area contributed by atoms with E-state index in [2.05, 4.69) is 15.9 Å². The molecule has 1 saturated heterocycles. The third-order valence-electron chi connectivity index (χ3n) is 2.43. The second-order valence-corrected chi connectivity index (χ2v) is 4.37. The highest BCUT2D eigenvalue weighted by Crippen LogP contribution is 2.32. The summed E-state index contributed by atoms with van der Waals surface area (Å²) in [6.45, 7) is 0.143. The number of amides is 1. The van der Waals surface area contributed by atoms with Crippen LogP contribution in [0.2, 0.25) is 0 Å². The van der Waals surface area contributed by atoms with Crippen LogP contribution in [0.25, 0.3) is 0 Å². The van der Waals surface area contributed by atoms with Crippen molar-refractivity contribution in [3.63, 3.8) is 0 Å². The topological polar surface area (TPSA) is 46.6 Å². The maximum Gasteiger partial charge on any atom is 0.234 e. The lowest BCUT2D eigenvalue weighted by atomic mass is 10.3. The van der Waals surface area contributed by atoms with Gasteiger partial charge in [0, 0.05) is 10.5 Å². The number of nitrogens with zero attached hydrogens (tertiary/aromatic N) is 1. The number of halogens is 1. The van der Waals surface area contributed by atoms with E-state index in [4.69, 9.17) is 4.74 Å². The highest BCUT2D eigenvalue weighted by molar-refractivity contribution is 9.10. The molecule has 0 saturated carbocycles. The van der Waals surface area contributed by atoms with Gasteiger partial charge in [0.15, 0.2) is 5.78 Å². The third-order valence-corrected chi connectivity index (χ3v) is 3.10. The summed E-state index contributed by atoms with van der Waals surface area (Å²) in [6, 6.07) is 5.32. The molecule has 1 fully saturated rings. The molecule has 16 heavy (non-hydrogen) atoms. The molecule has 1 aromatic carbocycles. The minimum Gasteiger partial charge on any atom is -0.497 e. The Bertz CT molecular complexity index is 459. The molecule has 4 nitrogen and oxygen atoms in total. The number of carbonyl (C=O) groups excluding carboxylic acids is 2. The molecule has 0 atom stereocenters. The Balaban J connectivity index is 2.39. The van der Waals surface area contributed by atoms with Crippen molar-refractivity contribution in [3.8, 4) is 5.75 Å². The van der Waals surface area contributed by atoms with Crippen LogP contribution in [0.15, 0.2) is 22.7 Å². The molecule has 0 bridgehead atoms. The van der Waals surface area contributed by atoms with E-state index in [0.29, 0.717) is 11.4 Å².